The van der Waals surface area contributed by atoms with Crippen LogP contribution < -0.4 is 0 Å². The molecule has 1 aliphatic rings. The van der Waals surface area contributed by atoms with Crippen molar-refractivity contribution in [3.05, 3.63) is 23.5 Å². The fourth-order valence-corrected chi connectivity index (χ4v) is 1.63. The topological polar surface area (TPSA) is 42.1 Å². The highest BCUT2D eigenvalue weighted by Crippen LogP contribution is 2.40. The van der Waals surface area contributed by atoms with E-state index < -0.39 is 0 Å². The number of hydrogen-bond acceptors (Lipinski definition) is 2. The van der Waals surface area contributed by atoms with Gasteiger partial charge in [0, 0.05) is 18.3 Å². The Morgan fingerprint density at radius 2 is 2.38 bits per heavy atom. The molecule has 1 aromatic rings. The maximum atomic E-state index is 11.7. The highest BCUT2D eigenvalue weighted by Gasteiger charge is 2.29. The third kappa shape index (κ3) is 2.46. The Bertz CT molecular complexity index is 432. The molecule has 0 aliphatic heterocycles. The predicted octanol–water partition coefficient (Wildman–Crippen LogP) is 2.46. The summed E-state index contributed by atoms with van der Waals surface area (Å²) in [6.45, 7) is 2.15. The summed E-state index contributed by atoms with van der Waals surface area (Å²) in [5.41, 5.74) is 1.69. The molecule has 1 heterocycles. The lowest BCUT2D eigenvalue weighted by atomic mass is 10.2. The van der Waals surface area contributed by atoms with Crippen LogP contribution in [0.4, 0.5) is 0 Å². The van der Waals surface area contributed by atoms with Gasteiger partial charge in [-0.15, -0.1) is 5.92 Å². The number of esters is 1. The highest BCUT2D eigenvalue weighted by molar-refractivity contribution is 5.91. The monoisotopic (exact) mass is 217 g/mol. The molecule has 1 saturated carbocycles. The summed E-state index contributed by atoms with van der Waals surface area (Å²) in [5.74, 6) is 5.91. The second-order valence-electron chi connectivity index (χ2n) is 3.86. The molecule has 2 rings (SSSR count). The summed E-state index contributed by atoms with van der Waals surface area (Å²) in [7, 11) is 0. The van der Waals surface area contributed by atoms with Crippen molar-refractivity contribution in [3.63, 3.8) is 0 Å². The minimum Gasteiger partial charge on any atom is -0.449 e. The van der Waals surface area contributed by atoms with Gasteiger partial charge in [0.1, 0.15) is 0 Å². The zero-order valence-corrected chi connectivity index (χ0v) is 9.38. The van der Waals surface area contributed by atoms with Gasteiger partial charge in [-0.3, -0.25) is 0 Å². The summed E-state index contributed by atoms with van der Waals surface area (Å²) in [6.07, 6.45) is 4.91. The van der Waals surface area contributed by atoms with Gasteiger partial charge in [0.25, 0.3) is 0 Å². The van der Waals surface area contributed by atoms with Gasteiger partial charge in [-0.25, -0.2) is 4.79 Å². The minimum absolute atomic E-state index is 0.183. The molecule has 0 saturated heterocycles. The highest BCUT2D eigenvalue weighted by atomic mass is 16.5. The number of H-pyrrole nitrogens is 1. The van der Waals surface area contributed by atoms with Crippen molar-refractivity contribution in [3.8, 4) is 11.8 Å². The molecular weight excluding hydrogens is 202 g/mol. The SMILES string of the molecule is CCC#CCOC(=O)c1cc[nH]c1C1CC1. The molecule has 1 aliphatic carbocycles. The number of rotatable bonds is 3. The molecule has 0 aromatic carbocycles. The smallest absolute Gasteiger partial charge is 0.340 e. The summed E-state index contributed by atoms with van der Waals surface area (Å²) >= 11 is 0. The minimum atomic E-state index is -0.270. The van der Waals surface area contributed by atoms with E-state index in [4.69, 9.17) is 4.74 Å². The Morgan fingerprint density at radius 1 is 1.56 bits per heavy atom. The molecule has 0 bridgehead atoms. The lowest BCUT2D eigenvalue weighted by Crippen LogP contribution is -2.06. The van der Waals surface area contributed by atoms with Crippen LogP contribution in [0, 0.1) is 11.8 Å². The van der Waals surface area contributed by atoms with Crippen LogP contribution in [0.3, 0.4) is 0 Å². The second kappa shape index (κ2) is 4.89. The van der Waals surface area contributed by atoms with Gasteiger partial charge >= 0.3 is 5.97 Å². The molecule has 0 spiro atoms. The molecule has 0 atom stereocenters. The van der Waals surface area contributed by atoms with E-state index in [0.29, 0.717) is 11.5 Å². The Labute approximate surface area is 95.2 Å². The Hall–Kier alpha value is -1.69. The van der Waals surface area contributed by atoms with Crippen molar-refractivity contribution < 1.29 is 9.53 Å². The number of hydrogen-bond donors (Lipinski definition) is 1. The molecule has 84 valence electrons. The molecule has 0 unspecified atom stereocenters. The Balaban J connectivity index is 1.95. The van der Waals surface area contributed by atoms with Gasteiger partial charge in [0.15, 0.2) is 6.61 Å². The standard InChI is InChI=1S/C13H15NO2/c1-2-3-4-9-16-13(15)11-7-8-14-12(11)10-5-6-10/h7-8,10,14H,2,5-6,9H2,1H3. The van der Waals surface area contributed by atoms with E-state index in [1.165, 1.54) is 0 Å². The van der Waals surface area contributed by atoms with E-state index in [1.807, 2.05) is 6.92 Å². The van der Waals surface area contributed by atoms with Crippen LogP contribution >= 0.6 is 0 Å². The predicted molar refractivity (Wildman–Crippen MR) is 61.1 cm³/mol. The maximum Gasteiger partial charge on any atom is 0.340 e. The van der Waals surface area contributed by atoms with Gasteiger partial charge in [-0.05, 0) is 24.8 Å². The number of nitrogens with one attached hydrogen (secondary N) is 1. The van der Waals surface area contributed by atoms with Gasteiger partial charge in [0.05, 0.1) is 5.56 Å². The molecule has 3 heteroatoms. The summed E-state index contributed by atoms with van der Waals surface area (Å²) in [5, 5.41) is 0. The summed E-state index contributed by atoms with van der Waals surface area (Å²) in [4.78, 5) is 14.8. The first-order valence-electron chi connectivity index (χ1n) is 5.63. The zero-order chi connectivity index (χ0) is 11.4. The van der Waals surface area contributed by atoms with E-state index >= 15 is 0 Å². The normalized spacial score (nSPS) is 14.1. The summed E-state index contributed by atoms with van der Waals surface area (Å²) in [6, 6.07) is 1.78. The molecular formula is C13H15NO2. The third-order valence-corrected chi connectivity index (χ3v) is 2.56. The number of ether oxygens (including phenoxy) is 1. The number of carbonyl (C=O) groups excluding carboxylic acids is 1. The van der Waals surface area contributed by atoms with Crippen molar-refractivity contribution >= 4 is 5.97 Å². The van der Waals surface area contributed by atoms with Crippen molar-refractivity contribution in [1.29, 1.82) is 0 Å². The van der Waals surface area contributed by atoms with Gasteiger partial charge in [-0.1, -0.05) is 12.8 Å². The molecule has 16 heavy (non-hydrogen) atoms. The fraction of sp³-hybridized carbons (Fsp3) is 0.462. The first-order valence-corrected chi connectivity index (χ1v) is 5.63. The lowest BCUT2D eigenvalue weighted by molar-refractivity contribution is 0.0555. The van der Waals surface area contributed by atoms with Crippen LogP contribution in [0.2, 0.25) is 0 Å². The van der Waals surface area contributed by atoms with E-state index in [2.05, 4.69) is 16.8 Å². The van der Waals surface area contributed by atoms with E-state index in [-0.39, 0.29) is 12.6 Å². The molecule has 0 radical (unpaired) electrons. The molecule has 0 amide bonds. The first-order chi connectivity index (χ1) is 7.83. The van der Waals surface area contributed by atoms with Crippen LogP contribution in [0.15, 0.2) is 12.3 Å². The van der Waals surface area contributed by atoms with Crippen molar-refractivity contribution in [2.45, 2.75) is 32.1 Å². The average molecular weight is 217 g/mol. The number of carbonyl (C=O) groups is 1. The third-order valence-electron chi connectivity index (χ3n) is 2.56. The first kappa shape index (κ1) is 10.8. The lowest BCUT2D eigenvalue weighted by Gasteiger charge is -2.01. The van der Waals surface area contributed by atoms with E-state index in [1.54, 1.807) is 12.3 Å². The van der Waals surface area contributed by atoms with Gasteiger partial charge < -0.3 is 9.72 Å². The second-order valence-corrected chi connectivity index (χ2v) is 3.86. The van der Waals surface area contributed by atoms with Crippen LogP contribution in [0.25, 0.3) is 0 Å². The Kier molecular flexibility index (Phi) is 3.31. The van der Waals surface area contributed by atoms with Crippen molar-refractivity contribution in [2.24, 2.45) is 0 Å². The molecule has 1 fully saturated rings. The molecule has 3 nitrogen and oxygen atoms in total. The zero-order valence-electron chi connectivity index (χ0n) is 9.38. The molecule has 1 N–H and O–H groups in total. The van der Waals surface area contributed by atoms with E-state index in [9.17, 15) is 4.79 Å². The van der Waals surface area contributed by atoms with Gasteiger partial charge in [-0.2, -0.15) is 0 Å². The number of aromatic amines is 1. The molecule has 1 aromatic heterocycles. The van der Waals surface area contributed by atoms with Crippen molar-refractivity contribution in [1.82, 2.24) is 4.98 Å². The number of aromatic nitrogens is 1. The van der Waals surface area contributed by atoms with Crippen molar-refractivity contribution in [2.75, 3.05) is 6.61 Å². The van der Waals surface area contributed by atoms with Crippen LogP contribution in [0.1, 0.15) is 48.2 Å². The van der Waals surface area contributed by atoms with Crippen LogP contribution in [-0.4, -0.2) is 17.6 Å². The average Bonchev–Trinajstić information content (AvgIpc) is 3.02. The quantitative estimate of drug-likeness (QED) is 0.624. The maximum absolute atomic E-state index is 11.7. The van der Waals surface area contributed by atoms with Crippen LogP contribution in [-0.2, 0) is 4.74 Å². The van der Waals surface area contributed by atoms with Gasteiger partial charge in [0.2, 0.25) is 0 Å². The fourth-order valence-electron chi connectivity index (χ4n) is 1.63. The summed E-state index contributed by atoms with van der Waals surface area (Å²) < 4.78 is 5.07. The largest absolute Gasteiger partial charge is 0.449 e. The van der Waals surface area contributed by atoms with E-state index in [0.717, 1.165) is 25.0 Å². The van der Waals surface area contributed by atoms with Crippen LogP contribution in [0.5, 0.6) is 0 Å². The Morgan fingerprint density at radius 3 is 3.06 bits per heavy atom.